The molecule has 0 aliphatic carbocycles. The summed E-state index contributed by atoms with van der Waals surface area (Å²) >= 11 is 0. The zero-order chi connectivity index (χ0) is 21.2. The monoisotopic (exact) mass is 414 g/mol. The predicted octanol–water partition coefficient (Wildman–Crippen LogP) is 3.56. The zero-order valence-corrected chi connectivity index (χ0v) is 17.6. The molecule has 3 rings (SSSR count). The molecule has 1 aliphatic heterocycles. The van der Waals surface area contributed by atoms with Gasteiger partial charge in [-0.2, -0.15) is 0 Å². The van der Waals surface area contributed by atoms with Crippen LogP contribution in [0.5, 0.6) is 5.75 Å². The molecule has 0 radical (unpaired) electrons. The number of amides is 1. The van der Waals surface area contributed by atoms with Crippen molar-refractivity contribution in [2.45, 2.75) is 38.3 Å². The lowest BCUT2D eigenvalue weighted by atomic mass is 10.1. The van der Waals surface area contributed by atoms with Crippen molar-refractivity contribution in [2.75, 3.05) is 33.4 Å². The standard InChI is InChI=1S/C24H31FN2O3/c1-27(21-11-14-29-15-12-21)13-16-30-22-7-4-5-19(17-22)18-26-24(28)10-9-20-6-2-3-8-23(20)25/h2-8,17,21H,9-16,18H2,1H3,(H,26,28). The number of nitrogens with zero attached hydrogens (tertiary/aromatic N) is 1. The summed E-state index contributed by atoms with van der Waals surface area (Å²) in [7, 11) is 2.13. The molecule has 2 aromatic carbocycles. The molecule has 6 heteroatoms. The van der Waals surface area contributed by atoms with Crippen molar-refractivity contribution in [1.82, 2.24) is 10.2 Å². The fourth-order valence-corrected chi connectivity index (χ4v) is 3.60. The number of hydrogen-bond acceptors (Lipinski definition) is 4. The Hall–Kier alpha value is -2.44. The number of ether oxygens (including phenoxy) is 2. The summed E-state index contributed by atoms with van der Waals surface area (Å²) in [6.45, 7) is 3.58. The molecule has 162 valence electrons. The molecule has 0 unspecified atom stereocenters. The van der Waals surface area contributed by atoms with E-state index in [4.69, 9.17) is 9.47 Å². The molecule has 1 saturated heterocycles. The maximum absolute atomic E-state index is 13.6. The van der Waals surface area contributed by atoms with E-state index < -0.39 is 0 Å². The van der Waals surface area contributed by atoms with E-state index >= 15 is 0 Å². The quantitative estimate of drug-likeness (QED) is 0.646. The SMILES string of the molecule is CN(CCOc1cccc(CNC(=O)CCc2ccccc2F)c1)C1CCOCC1. The summed E-state index contributed by atoms with van der Waals surface area (Å²) < 4.78 is 25.0. The zero-order valence-electron chi connectivity index (χ0n) is 17.6. The second-order valence-corrected chi connectivity index (χ2v) is 7.69. The summed E-state index contributed by atoms with van der Waals surface area (Å²) in [5.41, 5.74) is 1.54. The first-order chi connectivity index (χ1) is 14.6. The molecular weight excluding hydrogens is 383 g/mol. The highest BCUT2D eigenvalue weighted by molar-refractivity contribution is 5.76. The second-order valence-electron chi connectivity index (χ2n) is 7.69. The molecule has 0 atom stereocenters. The van der Waals surface area contributed by atoms with Gasteiger partial charge in [0.2, 0.25) is 5.91 Å². The molecular formula is C24H31FN2O3. The highest BCUT2D eigenvalue weighted by atomic mass is 19.1. The highest BCUT2D eigenvalue weighted by Crippen LogP contribution is 2.15. The Kier molecular flexibility index (Phi) is 8.66. The molecule has 1 amide bonds. The number of aryl methyl sites for hydroxylation is 1. The van der Waals surface area contributed by atoms with Gasteiger partial charge in [0.1, 0.15) is 18.2 Å². The van der Waals surface area contributed by atoms with Crippen molar-refractivity contribution >= 4 is 5.91 Å². The Morgan fingerprint density at radius 1 is 1.20 bits per heavy atom. The third-order valence-electron chi connectivity index (χ3n) is 5.49. The Morgan fingerprint density at radius 2 is 2.00 bits per heavy atom. The van der Waals surface area contributed by atoms with Crippen LogP contribution in [0.25, 0.3) is 0 Å². The number of nitrogens with one attached hydrogen (secondary N) is 1. The molecule has 0 saturated carbocycles. The molecule has 1 heterocycles. The van der Waals surface area contributed by atoms with Crippen LogP contribution in [0.2, 0.25) is 0 Å². The van der Waals surface area contributed by atoms with E-state index in [0.29, 0.717) is 31.2 Å². The van der Waals surface area contributed by atoms with Gasteiger partial charge in [0.05, 0.1) is 0 Å². The van der Waals surface area contributed by atoms with E-state index in [1.807, 2.05) is 24.3 Å². The third-order valence-corrected chi connectivity index (χ3v) is 5.49. The van der Waals surface area contributed by atoms with Gasteiger partial charge >= 0.3 is 0 Å². The summed E-state index contributed by atoms with van der Waals surface area (Å²) in [4.78, 5) is 14.4. The van der Waals surface area contributed by atoms with E-state index in [-0.39, 0.29) is 18.1 Å². The van der Waals surface area contributed by atoms with Gasteiger partial charge in [-0.25, -0.2) is 4.39 Å². The van der Waals surface area contributed by atoms with E-state index in [0.717, 1.165) is 43.9 Å². The van der Waals surface area contributed by atoms with Gasteiger partial charge < -0.3 is 14.8 Å². The average molecular weight is 415 g/mol. The average Bonchev–Trinajstić information content (AvgIpc) is 2.78. The summed E-state index contributed by atoms with van der Waals surface area (Å²) in [6.07, 6.45) is 2.79. The maximum Gasteiger partial charge on any atom is 0.220 e. The fourth-order valence-electron chi connectivity index (χ4n) is 3.60. The number of hydrogen-bond donors (Lipinski definition) is 1. The van der Waals surface area contributed by atoms with Gasteiger partial charge in [-0.3, -0.25) is 9.69 Å². The van der Waals surface area contributed by atoms with Crippen LogP contribution in [-0.2, 0) is 22.5 Å². The third kappa shape index (κ3) is 7.11. The predicted molar refractivity (Wildman–Crippen MR) is 115 cm³/mol. The van der Waals surface area contributed by atoms with Crippen LogP contribution < -0.4 is 10.1 Å². The lowest BCUT2D eigenvalue weighted by Crippen LogP contribution is -2.38. The topological polar surface area (TPSA) is 50.8 Å². The Morgan fingerprint density at radius 3 is 2.80 bits per heavy atom. The van der Waals surface area contributed by atoms with Crippen molar-refractivity contribution in [2.24, 2.45) is 0 Å². The minimum Gasteiger partial charge on any atom is -0.492 e. The summed E-state index contributed by atoms with van der Waals surface area (Å²) in [5.74, 6) is 0.439. The molecule has 1 N–H and O–H groups in total. The highest BCUT2D eigenvalue weighted by Gasteiger charge is 2.18. The van der Waals surface area contributed by atoms with Crippen LogP contribution in [0.3, 0.4) is 0 Å². The molecule has 30 heavy (non-hydrogen) atoms. The first-order valence-electron chi connectivity index (χ1n) is 10.6. The van der Waals surface area contributed by atoms with Crippen LogP contribution in [0, 0.1) is 5.82 Å². The number of halogens is 1. The first-order valence-corrected chi connectivity index (χ1v) is 10.6. The lowest BCUT2D eigenvalue weighted by molar-refractivity contribution is -0.121. The number of likely N-dealkylation sites (N-methyl/N-ethyl adjacent to an activating group) is 1. The number of rotatable bonds is 10. The van der Waals surface area contributed by atoms with Crippen molar-refractivity contribution in [3.05, 3.63) is 65.5 Å². The van der Waals surface area contributed by atoms with Crippen LogP contribution in [0.15, 0.2) is 48.5 Å². The Bertz CT molecular complexity index is 809. The number of carbonyl (C=O) groups is 1. The Labute approximate surface area is 178 Å². The maximum atomic E-state index is 13.6. The van der Waals surface area contributed by atoms with Crippen LogP contribution in [-0.4, -0.2) is 50.3 Å². The summed E-state index contributed by atoms with van der Waals surface area (Å²) in [6, 6.07) is 14.9. The van der Waals surface area contributed by atoms with E-state index in [2.05, 4.69) is 17.3 Å². The van der Waals surface area contributed by atoms with Crippen molar-refractivity contribution in [3.63, 3.8) is 0 Å². The molecule has 0 aromatic heterocycles. The molecule has 0 spiro atoms. The van der Waals surface area contributed by atoms with Gasteiger partial charge in [-0.15, -0.1) is 0 Å². The van der Waals surface area contributed by atoms with Gasteiger partial charge in [-0.1, -0.05) is 30.3 Å². The number of carbonyl (C=O) groups excluding carboxylic acids is 1. The van der Waals surface area contributed by atoms with Crippen LogP contribution in [0.4, 0.5) is 4.39 Å². The molecule has 0 bridgehead atoms. The molecule has 1 aliphatic rings. The van der Waals surface area contributed by atoms with Crippen LogP contribution in [0.1, 0.15) is 30.4 Å². The van der Waals surface area contributed by atoms with Crippen molar-refractivity contribution < 1.29 is 18.7 Å². The van der Waals surface area contributed by atoms with Crippen LogP contribution >= 0.6 is 0 Å². The normalized spacial score (nSPS) is 14.6. The van der Waals surface area contributed by atoms with E-state index in [1.165, 1.54) is 6.07 Å². The van der Waals surface area contributed by atoms with Crippen molar-refractivity contribution in [1.29, 1.82) is 0 Å². The largest absolute Gasteiger partial charge is 0.492 e. The summed E-state index contributed by atoms with van der Waals surface area (Å²) in [5, 5.41) is 2.90. The van der Waals surface area contributed by atoms with Gasteiger partial charge in [0.15, 0.2) is 0 Å². The second kappa shape index (κ2) is 11.7. The molecule has 2 aromatic rings. The minimum atomic E-state index is -0.266. The minimum absolute atomic E-state index is 0.0948. The van der Waals surface area contributed by atoms with Gasteiger partial charge in [0.25, 0.3) is 0 Å². The van der Waals surface area contributed by atoms with E-state index in [9.17, 15) is 9.18 Å². The van der Waals surface area contributed by atoms with E-state index in [1.54, 1.807) is 18.2 Å². The van der Waals surface area contributed by atoms with Crippen molar-refractivity contribution in [3.8, 4) is 5.75 Å². The molecule has 5 nitrogen and oxygen atoms in total. The number of benzene rings is 2. The molecule has 1 fully saturated rings. The smallest absolute Gasteiger partial charge is 0.220 e. The lowest BCUT2D eigenvalue weighted by Gasteiger charge is -2.31. The Balaban J connectivity index is 1.38. The van der Waals surface area contributed by atoms with Gasteiger partial charge in [0, 0.05) is 38.8 Å². The fraction of sp³-hybridized carbons (Fsp3) is 0.458. The van der Waals surface area contributed by atoms with Gasteiger partial charge in [-0.05, 0) is 55.6 Å². The first kappa shape index (κ1) is 22.2.